The number of amides is 1. The van der Waals surface area contributed by atoms with Crippen molar-refractivity contribution in [1.82, 2.24) is 5.32 Å². The molecule has 9 nitrogen and oxygen atoms in total. The molecule has 1 saturated heterocycles. The lowest BCUT2D eigenvalue weighted by molar-refractivity contribution is -0.302. The molecule has 0 spiro atoms. The van der Waals surface area contributed by atoms with Crippen molar-refractivity contribution in [2.75, 3.05) is 13.2 Å². The average Bonchev–Trinajstić information content (AvgIpc) is 3.16. The summed E-state index contributed by atoms with van der Waals surface area (Å²) in [7, 11) is 0. The van der Waals surface area contributed by atoms with Gasteiger partial charge in [-0.15, -0.1) is 0 Å². The molecule has 0 radical (unpaired) electrons. The van der Waals surface area contributed by atoms with Crippen molar-refractivity contribution >= 4 is 5.91 Å². The third kappa shape index (κ3) is 25.8. The van der Waals surface area contributed by atoms with Crippen LogP contribution in [0.5, 0.6) is 0 Å². The lowest BCUT2D eigenvalue weighted by Gasteiger charge is -2.40. The lowest BCUT2D eigenvalue weighted by atomic mass is 9.99. The molecule has 7 atom stereocenters. The molecular formula is C44H79NO8. The number of aliphatic hydroxyl groups excluding tert-OH is 5. The Morgan fingerprint density at radius 3 is 1.64 bits per heavy atom. The molecule has 0 aromatic heterocycles. The molecule has 1 rings (SSSR count). The Labute approximate surface area is 323 Å². The second-order valence-corrected chi connectivity index (χ2v) is 14.8. The largest absolute Gasteiger partial charge is 0.394 e. The molecule has 1 amide bonds. The number of allylic oxidation sites excluding steroid dienone is 8. The zero-order chi connectivity index (χ0) is 38.8. The summed E-state index contributed by atoms with van der Waals surface area (Å²) in [5, 5.41) is 54.0. The smallest absolute Gasteiger partial charge is 0.220 e. The molecule has 1 heterocycles. The van der Waals surface area contributed by atoms with E-state index in [-0.39, 0.29) is 12.5 Å². The number of ether oxygens (including phenoxy) is 2. The monoisotopic (exact) mass is 750 g/mol. The highest BCUT2D eigenvalue weighted by atomic mass is 16.7. The first-order valence-corrected chi connectivity index (χ1v) is 21.3. The Morgan fingerprint density at radius 1 is 0.642 bits per heavy atom. The van der Waals surface area contributed by atoms with E-state index in [1.165, 1.54) is 89.9 Å². The van der Waals surface area contributed by atoms with Gasteiger partial charge in [-0.25, -0.2) is 0 Å². The average molecular weight is 750 g/mol. The maximum Gasteiger partial charge on any atom is 0.220 e. The van der Waals surface area contributed by atoms with Gasteiger partial charge in [0.25, 0.3) is 0 Å². The van der Waals surface area contributed by atoms with Crippen LogP contribution in [-0.4, -0.2) is 87.5 Å². The standard InChI is InChI=1S/C44H79NO8/c1-3-5-7-9-11-13-14-15-16-17-18-19-20-21-22-23-24-26-28-30-32-34-40(48)45-37(38(47)33-31-29-27-25-12-10-8-6-4-2)36-52-44-43(51)42(50)41(49)39(35-46)53-44/h16-17,19-20,22-23,26,28,37-39,41-44,46-47,49-51H,3-15,18,21,24-25,27,29-36H2,1-2H3,(H,45,48)/b17-16+,20-19+,23-22+,28-26+/t37-,38+,39-,41-,42?,43?,44-/m0/s1. The minimum absolute atomic E-state index is 0.162. The van der Waals surface area contributed by atoms with Gasteiger partial charge in [-0.05, 0) is 51.4 Å². The van der Waals surface area contributed by atoms with Crippen molar-refractivity contribution < 1.29 is 39.8 Å². The van der Waals surface area contributed by atoms with E-state index >= 15 is 0 Å². The molecule has 6 N–H and O–H groups in total. The van der Waals surface area contributed by atoms with E-state index < -0.39 is 49.5 Å². The highest BCUT2D eigenvalue weighted by molar-refractivity contribution is 5.76. The SMILES string of the molecule is CCCCCCCCC/C=C/C/C=C/C/C=C/C/C=C/CCCC(=O)N[C@@H](CO[C@H]1O[C@@H](CO)[C@H](O)C(O)C1O)[C@H](O)CCCCCCCCCCC. The molecule has 53 heavy (non-hydrogen) atoms. The Bertz CT molecular complexity index is 967. The summed E-state index contributed by atoms with van der Waals surface area (Å²) >= 11 is 0. The van der Waals surface area contributed by atoms with Crippen LogP contribution >= 0.6 is 0 Å². The Kier molecular flexibility index (Phi) is 32.1. The van der Waals surface area contributed by atoms with Crippen LogP contribution in [0, 0.1) is 0 Å². The number of nitrogens with one attached hydrogen (secondary N) is 1. The van der Waals surface area contributed by atoms with Crippen LogP contribution in [0.3, 0.4) is 0 Å². The summed E-state index contributed by atoms with van der Waals surface area (Å²) in [6.07, 6.45) is 35.6. The van der Waals surface area contributed by atoms with Crippen LogP contribution in [0.1, 0.15) is 168 Å². The molecule has 0 saturated carbocycles. The zero-order valence-electron chi connectivity index (χ0n) is 33.5. The molecule has 2 unspecified atom stereocenters. The third-order valence-electron chi connectivity index (χ3n) is 9.93. The topological polar surface area (TPSA) is 149 Å². The molecule has 0 aromatic rings. The van der Waals surface area contributed by atoms with Gasteiger partial charge in [-0.3, -0.25) is 4.79 Å². The number of rotatable bonds is 34. The van der Waals surface area contributed by atoms with Crippen molar-refractivity contribution in [3.05, 3.63) is 48.6 Å². The third-order valence-corrected chi connectivity index (χ3v) is 9.93. The van der Waals surface area contributed by atoms with Crippen LogP contribution < -0.4 is 5.32 Å². The molecule has 9 heteroatoms. The lowest BCUT2D eigenvalue weighted by Crippen LogP contribution is -2.60. The van der Waals surface area contributed by atoms with Gasteiger partial charge in [-0.2, -0.15) is 0 Å². The van der Waals surface area contributed by atoms with E-state index in [0.29, 0.717) is 19.3 Å². The number of carbonyl (C=O) groups excluding carboxylic acids is 1. The molecule has 308 valence electrons. The summed E-state index contributed by atoms with van der Waals surface area (Å²) in [4.78, 5) is 12.9. The van der Waals surface area contributed by atoms with Crippen LogP contribution in [0.2, 0.25) is 0 Å². The number of unbranched alkanes of at least 4 members (excludes halogenated alkanes) is 16. The number of carbonyl (C=O) groups is 1. The minimum atomic E-state index is -1.56. The molecule has 0 bridgehead atoms. The van der Waals surface area contributed by atoms with Gasteiger partial charge in [0.1, 0.15) is 24.4 Å². The summed E-state index contributed by atoms with van der Waals surface area (Å²) in [5.41, 5.74) is 0. The highest BCUT2D eigenvalue weighted by Crippen LogP contribution is 2.23. The number of hydrogen-bond donors (Lipinski definition) is 6. The predicted molar refractivity (Wildman–Crippen MR) is 216 cm³/mol. The van der Waals surface area contributed by atoms with Crippen LogP contribution in [0.25, 0.3) is 0 Å². The van der Waals surface area contributed by atoms with Gasteiger partial charge in [0, 0.05) is 6.42 Å². The fourth-order valence-corrected chi connectivity index (χ4v) is 6.45. The van der Waals surface area contributed by atoms with Crippen LogP contribution in [-0.2, 0) is 14.3 Å². The van der Waals surface area contributed by atoms with Gasteiger partial charge in [-0.1, -0.05) is 159 Å². The second kappa shape index (κ2) is 34.6. The van der Waals surface area contributed by atoms with Crippen molar-refractivity contribution in [2.45, 2.75) is 211 Å². The quantitative estimate of drug-likeness (QED) is 0.0285. The minimum Gasteiger partial charge on any atom is -0.394 e. The highest BCUT2D eigenvalue weighted by Gasteiger charge is 2.44. The molecule has 0 aromatic carbocycles. The first-order valence-electron chi connectivity index (χ1n) is 21.3. The Hall–Kier alpha value is -1.85. The van der Waals surface area contributed by atoms with Gasteiger partial charge in [0.15, 0.2) is 6.29 Å². The predicted octanol–water partition coefficient (Wildman–Crippen LogP) is 8.28. The summed E-state index contributed by atoms with van der Waals surface area (Å²) in [5.74, 6) is -0.203. The Morgan fingerprint density at radius 2 is 1.11 bits per heavy atom. The summed E-state index contributed by atoms with van der Waals surface area (Å²) in [6, 6.07) is -0.746. The number of hydrogen-bond acceptors (Lipinski definition) is 8. The summed E-state index contributed by atoms with van der Waals surface area (Å²) in [6.45, 7) is 3.75. The Balaban J connectivity index is 2.37. The first kappa shape index (κ1) is 49.2. The van der Waals surface area contributed by atoms with Crippen molar-refractivity contribution in [3.8, 4) is 0 Å². The van der Waals surface area contributed by atoms with Crippen molar-refractivity contribution in [2.24, 2.45) is 0 Å². The maximum absolute atomic E-state index is 12.9. The van der Waals surface area contributed by atoms with Crippen LogP contribution in [0.4, 0.5) is 0 Å². The first-order chi connectivity index (χ1) is 25.8. The van der Waals surface area contributed by atoms with E-state index in [1.807, 2.05) is 0 Å². The maximum atomic E-state index is 12.9. The molecule has 0 aliphatic carbocycles. The van der Waals surface area contributed by atoms with Gasteiger partial charge in [0.05, 0.1) is 25.4 Å². The van der Waals surface area contributed by atoms with Crippen molar-refractivity contribution in [1.29, 1.82) is 0 Å². The van der Waals surface area contributed by atoms with E-state index in [2.05, 4.69) is 67.8 Å². The molecular weight excluding hydrogens is 670 g/mol. The normalized spacial score (nSPS) is 22.1. The van der Waals surface area contributed by atoms with Gasteiger partial charge in [0.2, 0.25) is 5.91 Å². The van der Waals surface area contributed by atoms with E-state index in [4.69, 9.17) is 9.47 Å². The molecule has 1 fully saturated rings. The fourth-order valence-electron chi connectivity index (χ4n) is 6.45. The molecule has 1 aliphatic rings. The van der Waals surface area contributed by atoms with Gasteiger partial charge < -0.3 is 40.3 Å². The zero-order valence-corrected chi connectivity index (χ0v) is 33.5. The number of aliphatic hydroxyl groups is 5. The van der Waals surface area contributed by atoms with Gasteiger partial charge >= 0.3 is 0 Å². The molecule has 1 aliphatic heterocycles. The second-order valence-electron chi connectivity index (χ2n) is 14.8. The van der Waals surface area contributed by atoms with E-state index in [9.17, 15) is 30.3 Å². The van der Waals surface area contributed by atoms with E-state index in [0.717, 1.165) is 44.9 Å². The van der Waals surface area contributed by atoms with Crippen LogP contribution in [0.15, 0.2) is 48.6 Å². The van der Waals surface area contributed by atoms with Crippen molar-refractivity contribution in [3.63, 3.8) is 0 Å². The summed E-state index contributed by atoms with van der Waals surface area (Å²) < 4.78 is 11.2. The fraction of sp³-hybridized carbons (Fsp3) is 0.795. The van der Waals surface area contributed by atoms with E-state index in [1.54, 1.807) is 0 Å².